The summed E-state index contributed by atoms with van der Waals surface area (Å²) in [6.45, 7) is 10.8. The van der Waals surface area contributed by atoms with Gasteiger partial charge in [0, 0.05) is 48.9 Å². The number of aromatic nitrogens is 3. The molecule has 0 aliphatic carbocycles. The maximum absolute atomic E-state index is 4.77. The molecule has 0 amide bonds. The molecule has 0 fully saturated rings. The minimum Gasteiger partial charge on any atom is -0.357 e. The van der Waals surface area contributed by atoms with Crippen molar-refractivity contribution < 1.29 is 0 Å². The highest BCUT2D eigenvalue weighted by molar-refractivity contribution is 7.11. The van der Waals surface area contributed by atoms with E-state index >= 15 is 0 Å². The molecule has 25 heavy (non-hydrogen) atoms. The van der Waals surface area contributed by atoms with Gasteiger partial charge < -0.3 is 10.6 Å². The number of rotatable bonds is 8. The van der Waals surface area contributed by atoms with Gasteiger partial charge in [-0.1, -0.05) is 13.8 Å². The van der Waals surface area contributed by atoms with E-state index in [1.165, 1.54) is 16.1 Å². The summed E-state index contributed by atoms with van der Waals surface area (Å²) in [6.07, 6.45) is 4.75. The van der Waals surface area contributed by atoms with Crippen LogP contribution in [0.1, 0.15) is 47.6 Å². The van der Waals surface area contributed by atoms with Gasteiger partial charge in [-0.05, 0) is 26.7 Å². The Kier molecular flexibility index (Phi) is 7.43. The van der Waals surface area contributed by atoms with Crippen molar-refractivity contribution in [1.82, 2.24) is 25.4 Å². The van der Waals surface area contributed by atoms with E-state index in [2.05, 4.69) is 48.4 Å². The zero-order chi connectivity index (χ0) is 18.2. The van der Waals surface area contributed by atoms with Crippen LogP contribution in [-0.4, -0.2) is 33.8 Å². The Morgan fingerprint density at radius 3 is 2.64 bits per heavy atom. The number of hydrogen-bond acceptors (Lipinski definition) is 4. The van der Waals surface area contributed by atoms with E-state index in [1.807, 2.05) is 17.9 Å². The van der Waals surface area contributed by atoms with Crippen LogP contribution < -0.4 is 10.6 Å². The van der Waals surface area contributed by atoms with Gasteiger partial charge in [-0.3, -0.25) is 4.68 Å². The smallest absolute Gasteiger partial charge is 0.191 e. The summed E-state index contributed by atoms with van der Waals surface area (Å²) in [5.74, 6) is 0.851. The number of nitrogens with one attached hydrogen (secondary N) is 2. The third-order valence-electron chi connectivity index (χ3n) is 4.07. The third kappa shape index (κ3) is 5.29. The fraction of sp³-hybridized carbons (Fsp3) is 0.611. The number of nitrogens with zero attached hydrogens (tertiary/aromatic N) is 4. The van der Waals surface area contributed by atoms with E-state index in [9.17, 15) is 0 Å². The fourth-order valence-electron chi connectivity index (χ4n) is 2.88. The molecule has 0 saturated heterocycles. The molecule has 0 atom stereocenters. The van der Waals surface area contributed by atoms with Crippen LogP contribution in [-0.2, 0) is 32.9 Å². The molecular formula is C18H30N6S. The summed E-state index contributed by atoms with van der Waals surface area (Å²) in [6, 6.07) is 0. The number of aliphatic imine (C=N–C) groups is 1. The molecule has 6 nitrogen and oxygen atoms in total. The molecule has 0 spiro atoms. The lowest BCUT2D eigenvalue weighted by atomic mass is 10.1. The van der Waals surface area contributed by atoms with Crippen LogP contribution in [0.25, 0.3) is 0 Å². The van der Waals surface area contributed by atoms with Crippen molar-refractivity contribution in [3.8, 4) is 0 Å². The quantitative estimate of drug-likeness (QED) is 0.559. The molecule has 0 bridgehead atoms. The van der Waals surface area contributed by atoms with Gasteiger partial charge in [-0.15, -0.1) is 11.3 Å². The first kappa shape index (κ1) is 19.4. The molecule has 0 aromatic carbocycles. The van der Waals surface area contributed by atoms with Crippen LogP contribution in [0, 0.1) is 6.92 Å². The Labute approximate surface area is 154 Å². The second-order valence-corrected chi connectivity index (χ2v) is 7.26. The van der Waals surface area contributed by atoms with Crippen molar-refractivity contribution >= 4 is 17.3 Å². The highest BCUT2D eigenvalue weighted by Crippen LogP contribution is 2.16. The Hall–Kier alpha value is -1.89. The van der Waals surface area contributed by atoms with Crippen molar-refractivity contribution in [3.63, 3.8) is 0 Å². The summed E-state index contributed by atoms with van der Waals surface area (Å²) in [4.78, 5) is 10.4. The van der Waals surface area contributed by atoms with E-state index in [1.54, 1.807) is 11.3 Å². The first-order chi connectivity index (χ1) is 12.1. The van der Waals surface area contributed by atoms with E-state index in [4.69, 9.17) is 4.99 Å². The lowest BCUT2D eigenvalue weighted by Gasteiger charge is -2.11. The summed E-state index contributed by atoms with van der Waals surface area (Å²) in [5.41, 5.74) is 3.69. The van der Waals surface area contributed by atoms with Crippen molar-refractivity contribution in [1.29, 1.82) is 0 Å². The Bertz CT molecular complexity index is 700. The second-order valence-electron chi connectivity index (χ2n) is 5.94. The van der Waals surface area contributed by atoms with Crippen LogP contribution in [0.15, 0.2) is 11.2 Å². The van der Waals surface area contributed by atoms with Gasteiger partial charge in [0.2, 0.25) is 0 Å². The van der Waals surface area contributed by atoms with Gasteiger partial charge in [-0.2, -0.15) is 5.10 Å². The molecule has 2 aromatic heterocycles. The van der Waals surface area contributed by atoms with Crippen LogP contribution in [0.3, 0.4) is 0 Å². The Morgan fingerprint density at radius 1 is 1.24 bits per heavy atom. The van der Waals surface area contributed by atoms with Crippen molar-refractivity contribution in [2.24, 2.45) is 12.0 Å². The standard InChI is InChI=1S/C18H30N6S/c1-6-15-14(16(7-2)24(5)23-15)12-22-18(19-8-3)20-10-9-17-21-11-13(4)25-17/h11H,6-10,12H2,1-5H3,(H2,19,20,22). The topological polar surface area (TPSA) is 67.1 Å². The summed E-state index contributed by atoms with van der Waals surface area (Å²) < 4.78 is 1.99. The Balaban J connectivity index is 2.01. The molecule has 2 heterocycles. The van der Waals surface area contributed by atoms with Crippen molar-refractivity contribution in [2.75, 3.05) is 13.1 Å². The van der Waals surface area contributed by atoms with E-state index in [-0.39, 0.29) is 0 Å². The molecule has 138 valence electrons. The minimum absolute atomic E-state index is 0.659. The molecule has 0 saturated carbocycles. The first-order valence-electron chi connectivity index (χ1n) is 9.06. The third-order valence-corrected chi connectivity index (χ3v) is 5.04. The lowest BCUT2D eigenvalue weighted by molar-refractivity contribution is 0.703. The Morgan fingerprint density at radius 2 is 2.04 bits per heavy atom. The number of thiazole rings is 1. The molecule has 0 radical (unpaired) electrons. The van der Waals surface area contributed by atoms with Gasteiger partial charge in [0.15, 0.2) is 5.96 Å². The fourth-order valence-corrected chi connectivity index (χ4v) is 3.66. The largest absolute Gasteiger partial charge is 0.357 e. The predicted molar refractivity (Wildman–Crippen MR) is 105 cm³/mol. The van der Waals surface area contributed by atoms with Crippen LogP contribution in [0.2, 0.25) is 0 Å². The zero-order valence-corrected chi connectivity index (χ0v) is 16.8. The normalized spacial score (nSPS) is 11.8. The molecule has 0 unspecified atom stereocenters. The van der Waals surface area contributed by atoms with E-state index in [0.29, 0.717) is 6.54 Å². The minimum atomic E-state index is 0.659. The monoisotopic (exact) mass is 362 g/mol. The summed E-state index contributed by atoms with van der Waals surface area (Å²) in [7, 11) is 2.02. The van der Waals surface area contributed by atoms with Gasteiger partial charge in [0.1, 0.15) is 0 Å². The van der Waals surface area contributed by atoms with Crippen LogP contribution in [0.5, 0.6) is 0 Å². The predicted octanol–water partition coefficient (Wildman–Crippen LogP) is 2.61. The highest BCUT2D eigenvalue weighted by Gasteiger charge is 2.13. The highest BCUT2D eigenvalue weighted by atomic mass is 32.1. The van der Waals surface area contributed by atoms with Crippen molar-refractivity contribution in [3.05, 3.63) is 33.0 Å². The maximum Gasteiger partial charge on any atom is 0.191 e. The SMILES string of the molecule is CCNC(=NCc1c(CC)nn(C)c1CC)NCCc1ncc(C)s1. The average Bonchev–Trinajstić information content (AvgIpc) is 3.14. The summed E-state index contributed by atoms with van der Waals surface area (Å²) in [5, 5.41) is 12.5. The average molecular weight is 363 g/mol. The van der Waals surface area contributed by atoms with Gasteiger partial charge >= 0.3 is 0 Å². The van der Waals surface area contributed by atoms with Crippen LogP contribution in [0.4, 0.5) is 0 Å². The molecule has 2 rings (SSSR count). The van der Waals surface area contributed by atoms with Gasteiger partial charge in [0.25, 0.3) is 0 Å². The second kappa shape index (κ2) is 9.56. The molecule has 0 aliphatic heterocycles. The molecule has 2 N–H and O–H groups in total. The number of aryl methyl sites for hydroxylation is 3. The number of guanidine groups is 1. The number of hydrogen-bond donors (Lipinski definition) is 2. The molecule has 7 heteroatoms. The lowest BCUT2D eigenvalue weighted by Crippen LogP contribution is -2.38. The molecule has 0 aliphatic rings. The van der Waals surface area contributed by atoms with Gasteiger partial charge in [0.05, 0.1) is 17.2 Å². The van der Waals surface area contributed by atoms with Crippen molar-refractivity contribution in [2.45, 2.75) is 53.5 Å². The van der Waals surface area contributed by atoms with Gasteiger partial charge in [-0.25, -0.2) is 9.98 Å². The first-order valence-corrected chi connectivity index (χ1v) is 9.87. The molecule has 2 aromatic rings. The summed E-state index contributed by atoms with van der Waals surface area (Å²) >= 11 is 1.75. The van der Waals surface area contributed by atoms with Crippen LogP contribution >= 0.6 is 11.3 Å². The van der Waals surface area contributed by atoms with E-state index in [0.717, 1.165) is 49.0 Å². The van der Waals surface area contributed by atoms with E-state index < -0.39 is 0 Å². The zero-order valence-electron chi connectivity index (χ0n) is 16.0. The molecular weight excluding hydrogens is 332 g/mol. The maximum atomic E-state index is 4.77.